The number of nitrogens with one attached hydrogen (secondary N) is 1. The van der Waals surface area contributed by atoms with Crippen molar-refractivity contribution in [2.45, 2.75) is 6.92 Å². The van der Waals surface area contributed by atoms with Crippen molar-refractivity contribution in [3.8, 4) is 5.88 Å². The molecule has 0 aliphatic carbocycles. The summed E-state index contributed by atoms with van der Waals surface area (Å²) in [5.74, 6) is -0.653. The molecule has 0 aliphatic heterocycles. The lowest BCUT2D eigenvalue weighted by Crippen LogP contribution is -1.94. The number of H-pyrrole nitrogens is 1. The van der Waals surface area contributed by atoms with E-state index in [2.05, 4.69) is 36.1 Å². The molecule has 2 heterocycles. The average molecular weight is 359 g/mol. The molecule has 0 saturated heterocycles. The number of hydrogen-bond acceptors (Lipinski definition) is 4. The van der Waals surface area contributed by atoms with Crippen LogP contribution >= 0.6 is 15.9 Å². The molecule has 0 bridgehead atoms. The van der Waals surface area contributed by atoms with Gasteiger partial charge in [0.05, 0.1) is 11.1 Å². The Morgan fingerprint density at radius 2 is 2.14 bits per heavy atom. The first kappa shape index (κ1) is 14.4. The fraction of sp³-hybridized carbons (Fsp3) is 0.0667. The Labute approximate surface area is 134 Å². The molecule has 22 heavy (non-hydrogen) atoms. The minimum absolute atomic E-state index is 0.121. The van der Waals surface area contributed by atoms with Crippen LogP contribution in [0.15, 0.2) is 51.4 Å². The van der Waals surface area contributed by atoms with Gasteiger partial charge in [-0.15, -0.1) is 10.2 Å². The molecule has 0 fully saturated rings. The summed E-state index contributed by atoms with van der Waals surface area (Å²) in [6.07, 6.45) is 2.98. The van der Waals surface area contributed by atoms with Crippen LogP contribution in [0.1, 0.15) is 15.9 Å². The normalized spacial score (nSPS) is 11.4. The van der Waals surface area contributed by atoms with Gasteiger partial charge >= 0.3 is 0 Å². The number of amides is 1. The molecule has 0 spiro atoms. The minimum Gasteiger partial charge on any atom is -0.493 e. The van der Waals surface area contributed by atoms with Crippen LogP contribution in [0.4, 0.5) is 5.69 Å². The number of aryl methyl sites for hydroxylation is 1. The Balaban J connectivity index is 1.97. The highest BCUT2D eigenvalue weighted by Gasteiger charge is 2.12. The van der Waals surface area contributed by atoms with Gasteiger partial charge in [-0.05, 0) is 41.1 Å². The quantitative estimate of drug-likeness (QED) is 0.670. The fourth-order valence-corrected chi connectivity index (χ4v) is 2.43. The molecular weight excluding hydrogens is 348 g/mol. The standard InChI is InChI=1S/C15H11BrN4O2/c1-8-2-3-12-11(4-8)13(15(22)18-12)19-20-14(21)9-5-10(16)7-17-6-9/h2-7,18,22H,1H3. The first-order valence-corrected chi connectivity index (χ1v) is 7.22. The minimum atomic E-state index is -0.532. The van der Waals surface area contributed by atoms with Crippen molar-refractivity contribution in [1.29, 1.82) is 0 Å². The van der Waals surface area contributed by atoms with E-state index in [1.807, 2.05) is 25.1 Å². The van der Waals surface area contributed by atoms with E-state index in [-0.39, 0.29) is 11.6 Å². The maximum Gasteiger partial charge on any atom is 0.297 e. The Morgan fingerprint density at radius 3 is 2.91 bits per heavy atom. The lowest BCUT2D eigenvalue weighted by molar-refractivity contribution is 0.0994. The first-order valence-electron chi connectivity index (χ1n) is 6.42. The molecule has 7 heteroatoms. The molecule has 110 valence electrons. The van der Waals surface area contributed by atoms with Crippen molar-refractivity contribution in [2.24, 2.45) is 10.2 Å². The van der Waals surface area contributed by atoms with Gasteiger partial charge in [0.15, 0.2) is 5.69 Å². The molecule has 0 aliphatic rings. The molecule has 3 rings (SSSR count). The number of halogens is 1. The number of hydrogen-bond donors (Lipinski definition) is 2. The molecule has 6 nitrogen and oxygen atoms in total. The lowest BCUT2D eigenvalue weighted by Gasteiger charge is -1.95. The van der Waals surface area contributed by atoms with Gasteiger partial charge in [-0.1, -0.05) is 11.6 Å². The maximum absolute atomic E-state index is 12.0. The maximum atomic E-state index is 12.0. The zero-order chi connectivity index (χ0) is 15.7. The summed E-state index contributed by atoms with van der Waals surface area (Å²) in [6.45, 7) is 1.93. The second-order valence-corrected chi connectivity index (χ2v) is 5.68. The number of rotatable bonds is 2. The summed E-state index contributed by atoms with van der Waals surface area (Å²) in [7, 11) is 0. The third-order valence-corrected chi connectivity index (χ3v) is 3.53. The van der Waals surface area contributed by atoms with E-state index in [1.54, 1.807) is 12.3 Å². The van der Waals surface area contributed by atoms with Gasteiger partial charge in [-0.2, -0.15) is 0 Å². The smallest absolute Gasteiger partial charge is 0.297 e. The third-order valence-electron chi connectivity index (χ3n) is 3.10. The topological polar surface area (TPSA) is 90.7 Å². The van der Waals surface area contributed by atoms with Crippen molar-refractivity contribution >= 4 is 38.4 Å². The zero-order valence-corrected chi connectivity index (χ0v) is 13.1. The van der Waals surface area contributed by atoms with Gasteiger partial charge in [-0.25, -0.2) is 0 Å². The van der Waals surface area contributed by atoms with Crippen LogP contribution < -0.4 is 0 Å². The number of pyridine rings is 1. The SMILES string of the molecule is Cc1ccc2[nH]c(O)c(N=NC(=O)c3cncc(Br)c3)c2c1. The van der Waals surface area contributed by atoms with E-state index in [4.69, 9.17) is 0 Å². The molecule has 3 aromatic rings. The number of carbonyl (C=O) groups excluding carboxylic acids is 1. The Morgan fingerprint density at radius 1 is 1.32 bits per heavy atom. The fourth-order valence-electron chi connectivity index (χ4n) is 2.06. The van der Waals surface area contributed by atoms with Gasteiger partial charge in [0.2, 0.25) is 5.88 Å². The number of azo groups is 1. The van der Waals surface area contributed by atoms with Gasteiger partial charge in [-0.3, -0.25) is 9.78 Å². The van der Waals surface area contributed by atoms with Crippen LogP contribution in [-0.4, -0.2) is 21.0 Å². The zero-order valence-electron chi connectivity index (χ0n) is 11.5. The molecule has 0 radical (unpaired) electrons. The molecule has 0 saturated carbocycles. The van der Waals surface area contributed by atoms with Crippen LogP contribution in [0, 0.1) is 6.92 Å². The first-order chi connectivity index (χ1) is 10.5. The predicted molar refractivity (Wildman–Crippen MR) is 85.5 cm³/mol. The number of nitrogens with zero attached hydrogens (tertiary/aromatic N) is 3. The molecule has 0 unspecified atom stereocenters. The van der Waals surface area contributed by atoms with Gasteiger partial charge in [0, 0.05) is 22.3 Å². The van der Waals surface area contributed by atoms with E-state index in [1.165, 1.54) is 6.20 Å². The highest BCUT2D eigenvalue weighted by atomic mass is 79.9. The number of benzene rings is 1. The molecular formula is C15H11BrN4O2. The van der Waals surface area contributed by atoms with Crippen LogP contribution in [-0.2, 0) is 0 Å². The van der Waals surface area contributed by atoms with Crippen LogP contribution in [0.3, 0.4) is 0 Å². The monoisotopic (exact) mass is 358 g/mol. The summed E-state index contributed by atoms with van der Waals surface area (Å²) < 4.78 is 0.680. The number of carbonyl (C=O) groups is 1. The summed E-state index contributed by atoms with van der Waals surface area (Å²) in [4.78, 5) is 18.7. The summed E-state index contributed by atoms with van der Waals surface area (Å²) >= 11 is 3.24. The van der Waals surface area contributed by atoms with Crippen molar-refractivity contribution in [3.05, 3.63) is 52.3 Å². The van der Waals surface area contributed by atoms with E-state index < -0.39 is 5.91 Å². The summed E-state index contributed by atoms with van der Waals surface area (Å²) in [5.41, 5.74) is 2.31. The Hall–Kier alpha value is -2.54. The molecule has 1 aromatic carbocycles. The Kier molecular flexibility index (Phi) is 3.72. The van der Waals surface area contributed by atoms with Crippen molar-refractivity contribution in [2.75, 3.05) is 0 Å². The van der Waals surface area contributed by atoms with Gasteiger partial charge < -0.3 is 10.1 Å². The molecule has 2 N–H and O–H groups in total. The molecule has 1 amide bonds. The van der Waals surface area contributed by atoms with E-state index in [9.17, 15) is 9.90 Å². The number of aromatic hydroxyl groups is 1. The number of aromatic amines is 1. The van der Waals surface area contributed by atoms with Crippen molar-refractivity contribution in [1.82, 2.24) is 9.97 Å². The van der Waals surface area contributed by atoms with E-state index in [0.29, 0.717) is 15.4 Å². The molecule has 0 atom stereocenters. The Bertz CT molecular complexity index is 902. The van der Waals surface area contributed by atoms with Crippen LogP contribution in [0.25, 0.3) is 10.9 Å². The predicted octanol–water partition coefficient (Wildman–Crippen LogP) is 4.26. The lowest BCUT2D eigenvalue weighted by atomic mass is 10.1. The van der Waals surface area contributed by atoms with Gasteiger partial charge in [0.1, 0.15) is 0 Å². The van der Waals surface area contributed by atoms with Crippen molar-refractivity contribution in [3.63, 3.8) is 0 Å². The van der Waals surface area contributed by atoms with E-state index >= 15 is 0 Å². The summed E-state index contributed by atoms with van der Waals surface area (Å²) in [5, 5.41) is 18.2. The summed E-state index contributed by atoms with van der Waals surface area (Å²) in [6, 6.07) is 7.22. The largest absolute Gasteiger partial charge is 0.493 e. The van der Waals surface area contributed by atoms with Gasteiger partial charge in [0.25, 0.3) is 5.91 Å². The van der Waals surface area contributed by atoms with Crippen LogP contribution in [0.5, 0.6) is 5.88 Å². The number of aromatic nitrogens is 2. The van der Waals surface area contributed by atoms with Crippen molar-refractivity contribution < 1.29 is 9.90 Å². The second-order valence-electron chi connectivity index (χ2n) is 4.77. The average Bonchev–Trinajstić information content (AvgIpc) is 2.80. The second kappa shape index (κ2) is 5.69. The highest BCUT2D eigenvalue weighted by molar-refractivity contribution is 9.10. The third kappa shape index (κ3) is 2.75. The highest BCUT2D eigenvalue weighted by Crippen LogP contribution is 2.35. The van der Waals surface area contributed by atoms with E-state index in [0.717, 1.165) is 11.1 Å². The van der Waals surface area contributed by atoms with Crippen LogP contribution in [0.2, 0.25) is 0 Å². The number of fused-ring (bicyclic) bond motifs is 1. The molecule has 2 aromatic heterocycles.